The zero-order valence-corrected chi connectivity index (χ0v) is 11.1. The van der Waals surface area contributed by atoms with Crippen molar-refractivity contribution in [3.05, 3.63) is 0 Å². The van der Waals surface area contributed by atoms with Gasteiger partial charge in [0.1, 0.15) is 0 Å². The molecule has 0 amide bonds. The number of hydrogen-bond acceptors (Lipinski definition) is 3. The largest absolute Gasteiger partial charge is 0.481 e. The van der Waals surface area contributed by atoms with E-state index in [2.05, 4.69) is 4.90 Å². The van der Waals surface area contributed by atoms with Crippen LogP contribution in [0.15, 0.2) is 0 Å². The van der Waals surface area contributed by atoms with Crippen LogP contribution in [0.3, 0.4) is 0 Å². The average Bonchev–Trinajstić information content (AvgIpc) is 2.37. The predicted molar refractivity (Wildman–Crippen MR) is 69.6 cm³/mol. The summed E-state index contributed by atoms with van der Waals surface area (Å²) < 4.78 is 5.49. The van der Waals surface area contributed by atoms with Crippen molar-refractivity contribution in [1.29, 1.82) is 0 Å². The summed E-state index contributed by atoms with van der Waals surface area (Å²) in [6.07, 6.45) is 8.30. The molecule has 0 aromatic heterocycles. The predicted octanol–water partition coefficient (Wildman–Crippen LogP) is 2.13. The highest BCUT2D eigenvalue weighted by Crippen LogP contribution is 2.26. The quantitative estimate of drug-likeness (QED) is 0.817. The first kappa shape index (κ1) is 13.8. The van der Waals surface area contributed by atoms with Gasteiger partial charge in [0.05, 0.1) is 19.1 Å². The summed E-state index contributed by atoms with van der Waals surface area (Å²) in [5.41, 5.74) is 0. The fourth-order valence-corrected chi connectivity index (χ4v) is 3.14. The second-order valence-electron chi connectivity index (χ2n) is 5.68. The molecule has 1 heterocycles. The SMILES string of the molecule is O=C(O)CC1CN(CCC2CCCCC2)CCO1. The summed E-state index contributed by atoms with van der Waals surface area (Å²) in [5.74, 6) is 0.147. The Morgan fingerprint density at radius 3 is 2.78 bits per heavy atom. The van der Waals surface area contributed by atoms with E-state index < -0.39 is 5.97 Å². The van der Waals surface area contributed by atoms with Crippen molar-refractivity contribution in [2.24, 2.45) is 5.92 Å². The summed E-state index contributed by atoms with van der Waals surface area (Å²) in [7, 11) is 0. The number of hydrogen-bond donors (Lipinski definition) is 1. The number of carboxylic acid groups (broad SMARTS) is 1. The third-order valence-electron chi connectivity index (χ3n) is 4.20. The first-order valence-electron chi connectivity index (χ1n) is 7.30. The lowest BCUT2D eigenvalue weighted by Crippen LogP contribution is -2.44. The fourth-order valence-electron chi connectivity index (χ4n) is 3.14. The van der Waals surface area contributed by atoms with Crippen LogP contribution in [-0.2, 0) is 9.53 Å². The monoisotopic (exact) mass is 255 g/mol. The van der Waals surface area contributed by atoms with Gasteiger partial charge in [-0.25, -0.2) is 0 Å². The summed E-state index contributed by atoms with van der Waals surface area (Å²) in [5, 5.41) is 8.79. The van der Waals surface area contributed by atoms with Gasteiger partial charge < -0.3 is 9.84 Å². The van der Waals surface area contributed by atoms with Gasteiger partial charge in [-0.2, -0.15) is 0 Å². The Bertz CT molecular complexity index is 264. The Morgan fingerprint density at radius 1 is 1.28 bits per heavy atom. The van der Waals surface area contributed by atoms with Crippen molar-refractivity contribution >= 4 is 5.97 Å². The van der Waals surface area contributed by atoms with Crippen LogP contribution in [0, 0.1) is 5.92 Å². The van der Waals surface area contributed by atoms with Crippen molar-refractivity contribution in [3.8, 4) is 0 Å². The van der Waals surface area contributed by atoms with Crippen LogP contribution in [0.1, 0.15) is 44.9 Å². The molecule has 0 spiro atoms. The molecule has 2 rings (SSSR count). The van der Waals surface area contributed by atoms with E-state index in [1.54, 1.807) is 0 Å². The minimum absolute atomic E-state index is 0.109. The number of carboxylic acids is 1. The van der Waals surface area contributed by atoms with Gasteiger partial charge in [-0.3, -0.25) is 9.69 Å². The lowest BCUT2D eigenvalue weighted by atomic mass is 9.87. The van der Waals surface area contributed by atoms with Gasteiger partial charge in [0, 0.05) is 13.1 Å². The Kier molecular flexibility index (Phi) is 5.45. The Morgan fingerprint density at radius 2 is 2.06 bits per heavy atom. The van der Waals surface area contributed by atoms with Crippen LogP contribution in [0.5, 0.6) is 0 Å². The summed E-state index contributed by atoms with van der Waals surface area (Å²) in [4.78, 5) is 13.1. The van der Waals surface area contributed by atoms with Crippen molar-refractivity contribution in [1.82, 2.24) is 4.90 Å². The first-order valence-corrected chi connectivity index (χ1v) is 7.30. The third kappa shape index (κ3) is 4.58. The van der Waals surface area contributed by atoms with E-state index in [1.807, 2.05) is 0 Å². The van der Waals surface area contributed by atoms with E-state index in [-0.39, 0.29) is 12.5 Å². The van der Waals surface area contributed by atoms with Crippen LogP contribution in [0.2, 0.25) is 0 Å². The molecule has 4 heteroatoms. The first-order chi connectivity index (χ1) is 8.74. The Labute approximate surface area is 109 Å². The summed E-state index contributed by atoms with van der Waals surface area (Å²) >= 11 is 0. The lowest BCUT2D eigenvalue weighted by Gasteiger charge is -2.33. The number of nitrogens with zero attached hydrogens (tertiary/aromatic N) is 1. The molecule has 1 atom stereocenters. The molecule has 1 aliphatic carbocycles. The van der Waals surface area contributed by atoms with E-state index >= 15 is 0 Å². The molecular formula is C14H25NO3. The van der Waals surface area contributed by atoms with Gasteiger partial charge in [0.25, 0.3) is 0 Å². The Hall–Kier alpha value is -0.610. The number of morpholine rings is 1. The highest BCUT2D eigenvalue weighted by atomic mass is 16.5. The number of rotatable bonds is 5. The molecule has 2 aliphatic rings. The highest BCUT2D eigenvalue weighted by Gasteiger charge is 2.23. The lowest BCUT2D eigenvalue weighted by molar-refractivity contribution is -0.142. The zero-order valence-electron chi connectivity index (χ0n) is 11.1. The van der Waals surface area contributed by atoms with Crippen LogP contribution >= 0.6 is 0 Å². The Balaban J connectivity index is 1.67. The van der Waals surface area contributed by atoms with E-state index in [4.69, 9.17) is 9.84 Å². The maximum atomic E-state index is 10.7. The number of aliphatic carboxylic acids is 1. The second kappa shape index (κ2) is 7.10. The number of carbonyl (C=O) groups is 1. The molecule has 18 heavy (non-hydrogen) atoms. The maximum Gasteiger partial charge on any atom is 0.306 e. The van der Waals surface area contributed by atoms with Crippen LogP contribution in [0.25, 0.3) is 0 Å². The molecule has 104 valence electrons. The second-order valence-corrected chi connectivity index (χ2v) is 5.68. The van der Waals surface area contributed by atoms with Crippen molar-refractivity contribution in [2.75, 3.05) is 26.2 Å². The molecule has 0 bridgehead atoms. The van der Waals surface area contributed by atoms with E-state index in [0.717, 1.165) is 25.6 Å². The van der Waals surface area contributed by atoms with Gasteiger partial charge in [0.15, 0.2) is 0 Å². The molecule has 0 aromatic rings. The highest BCUT2D eigenvalue weighted by molar-refractivity contribution is 5.67. The minimum atomic E-state index is -0.755. The molecular weight excluding hydrogens is 230 g/mol. The van der Waals surface area contributed by atoms with Gasteiger partial charge in [-0.1, -0.05) is 32.1 Å². The zero-order chi connectivity index (χ0) is 12.8. The molecule has 1 saturated carbocycles. The van der Waals surface area contributed by atoms with Crippen molar-refractivity contribution in [3.63, 3.8) is 0 Å². The average molecular weight is 255 g/mol. The van der Waals surface area contributed by atoms with Gasteiger partial charge in [0.2, 0.25) is 0 Å². The van der Waals surface area contributed by atoms with Crippen LogP contribution in [0.4, 0.5) is 0 Å². The van der Waals surface area contributed by atoms with E-state index in [9.17, 15) is 4.79 Å². The molecule has 2 fully saturated rings. The third-order valence-corrected chi connectivity index (χ3v) is 4.20. The summed E-state index contributed by atoms with van der Waals surface area (Å²) in [6, 6.07) is 0. The topological polar surface area (TPSA) is 49.8 Å². The van der Waals surface area contributed by atoms with Crippen LogP contribution < -0.4 is 0 Å². The van der Waals surface area contributed by atoms with E-state index in [0.29, 0.717) is 6.61 Å². The molecule has 1 aliphatic heterocycles. The number of ether oxygens (including phenoxy) is 1. The molecule has 1 saturated heterocycles. The van der Waals surface area contributed by atoms with E-state index in [1.165, 1.54) is 38.5 Å². The fraction of sp³-hybridized carbons (Fsp3) is 0.929. The van der Waals surface area contributed by atoms with Crippen molar-refractivity contribution < 1.29 is 14.6 Å². The molecule has 1 N–H and O–H groups in total. The molecule has 4 nitrogen and oxygen atoms in total. The maximum absolute atomic E-state index is 10.7. The standard InChI is InChI=1S/C14H25NO3/c16-14(17)10-13-11-15(8-9-18-13)7-6-12-4-2-1-3-5-12/h12-13H,1-11H2,(H,16,17). The molecule has 0 aromatic carbocycles. The van der Waals surface area contributed by atoms with Gasteiger partial charge in [-0.15, -0.1) is 0 Å². The van der Waals surface area contributed by atoms with Gasteiger partial charge >= 0.3 is 5.97 Å². The normalized spacial score (nSPS) is 27.2. The van der Waals surface area contributed by atoms with Gasteiger partial charge in [-0.05, 0) is 18.9 Å². The summed E-state index contributed by atoms with van der Waals surface area (Å²) in [6.45, 7) is 3.55. The van der Waals surface area contributed by atoms with Crippen molar-refractivity contribution in [2.45, 2.75) is 51.0 Å². The minimum Gasteiger partial charge on any atom is -0.481 e. The molecule has 0 radical (unpaired) electrons. The van der Waals surface area contributed by atoms with Crippen LogP contribution in [-0.4, -0.2) is 48.3 Å². The smallest absolute Gasteiger partial charge is 0.306 e. The molecule has 1 unspecified atom stereocenters.